The predicted molar refractivity (Wildman–Crippen MR) is 150 cm³/mol. The van der Waals surface area contributed by atoms with Gasteiger partial charge in [0.1, 0.15) is 5.70 Å². The summed E-state index contributed by atoms with van der Waals surface area (Å²) < 4.78 is 0. The second kappa shape index (κ2) is 12.5. The number of ketones is 1. The molecule has 0 bridgehead atoms. The maximum atomic E-state index is 13.3. The summed E-state index contributed by atoms with van der Waals surface area (Å²) in [5.74, 6) is -0.509. The number of rotatable bonds is 9. The molecule has 0 aliphatic rings. The van der Waals surface area contributed by atoms with Gasteiger partial charge in [0.2, 0.25) is 0 Å². The molecule has 4 rings (SSSR count). The lowest BCUT2D eigenvalue weighted by molar-refractivity contribution is -0.113. The van der Waals surface area contributed by atoms with Crippen molar-refractivity contribution in [3.05, 3.63) is 137 Å². The molecule has 0 saturated heterocycles. The Labute approximate surface area is 220 Å². The van der Waals surface area contributed by atoms with Gasteiger partial charge < -0.3 is 10.6 Å². The highest BCUT2D eigenvalue weighted by atomic mass is 32.2. The summed E-state index contributed by atoms with van der Waals surface area (Å²) in [5, 5.41) is 5.62. The first kappa shape index (κ1) is 25.7. The van der Waals surface area contributed by atoms with Gasteiger partial charge in [0.25, 0.3) is 11.8 Å². The Hall–Kier alpha value is -4.42. The summed E-state index contributed by atoms with van der Waals surface area (Å²) >= 11 is 1.40. The van der Waals surface area contributed by atoms with Gasteiger partial charge in [0, 0.05) is 21.7 Å². The Balaban J connectivity index is 1.49. The number of thioether (sulfide) groups is 1. The van der Waals surface area contributed by atoms with Crippen LogP contribution in [0.5, 0.6) is 0 Å². The summed E-state index contributed by atoms with van der Waals surface area (Å²) in [7, 11) is 0. The molecule has 0 radical (unpaired) electrons. The van der Waals surface area contributed by atoms with Gasteiger partial charge in [-0.3, -0.25) is 14.4 Å². The Morgan fingerprint density at radius 1 is 0.757 bits per heavy atom. The third-order valence-corrected chi connectivity index (χ3v) is 6.47. The Kier molecular flexibility index (Phi) is 8.68. The number of anilines is 1. The fourth-order valence-corrected chi connectivity index (χ4v) is 4.34. The van der Waals surface area contributed by atoms with Crippen LogP contribution in [-0.2, 0) is 4.79 Å². The van der Waals surface area contributed by atoms with E-state index in [4.69, 9.17) is 0 Å². The standard InChI is InChI=1S/C31H26N2O3S/c1-22-15-17-23(18-16-22)19-28(33-30(35)25-11-6-3-7-12-25)31(36)32-26-13-8-14-27(20-26)37-21-29(34)24-9-4-2-5-10-24/h2-20H,21H2,1H3,(H,32,36)(H,33,35)/b28-19-. The van der Waals surface area contributed by atoms with Crippen molar-refractivity contribution in [2.24, 2.45) is 0 Å². The van der Waals surface area contributed by atoms with Crippen LogP contribution in [0.1, 0.15) is 31.8 Å². The molecule has 0 atom stereocenters. The van der Waals surface area contributed by atoms with E-state index in [1.165, 1.54) is 11.8 Å². The lowest BCUT2D eigenvalue weighted by atomic mass is 10.1. The smallest absolute Gasteiger partial charge is 0.272 e. The number of nitrogens with one attached hydrogen (secondary N) is 2. The molecule has 0 spiro atoms. The molecule has 0 unspecified atom stereocenters. The van der Waals surface area contributed by atoms with Crippen LogP contribution < -0.4 is 10.6 Å². The zero-order valence-corrected chi connectivity index (χ0v) is 21.1. The molecule has 2 N–H and O–H groups in total. The highest BCUT2D eigenvalue weighted by Gasteiger charge is 2.15. The van der Waals surface area contributed by atoms with Crippen LogP contribution in [0.3, 0.4) is 0 Å². The largest absolute Gasteiger partial charge is 0.321 e. The highest BCUT2D eigenvalue weighted by Crippen LogP contribution is 2.23. The molecule has 0 aliphatic carbocycles. The number of benzene rings is 4. The average Bonchev–Trinajstić information content (AvgIpc) is 2.93. The maximum absolute atomic E-state index is 13.3. The van der Waals surface area contributed by atoms with E-state index in [9.17, 15) is 14.4 Å². The summed E-state index contributed by atoms with van der Waals surface area (Å²) in [6.45, 7) is 1.98. The summed E-state index contributed by atoms with van der Waals surface area (Å²) in [5.41, 5.74) is 3.68. The first-order chi connectivity index (χ1) is 18.0. The van der Waals surface area contributed by atoms with Gasteiger partial charge in [-0.25, -0.2) is 0 Å². The number of hydrogen-bond acceptors (Lipinski definition) is 4. The Morgan fingerprint density at radius 3 is 2.08 bits per heavy atom. The molecule has 184 valence electrons. The molecule has 2 amide bonds. The van der Waals surface area contributed by atoms with Crippen molar-refractivity contribution in [2.75, 3.05) is 11.1 Å². The molecular formula is C31H26N2O3S. The first-order valence-corrected chi connectivity index (χ1v) is 12.7. The van der Waals surface area contributed by atoms with E-state index >= 15 is 0 Å². The van der Waals surface area contributed by atoms with Gasteiger partial charge in [-0.15, -0.1) is 11.8 Å². The monoisotopic (exact) mass is 506 g/mol. The first-order valence-electron chi connectivity index (χ1n) is 11.8. The number of carbonyl (C=O) groups is 3. The second-order valence-corrected chi connectivity index (χ2v) is 9.40. The number of hydrogen-bond donors (Lipinski definition) is 2. The van der Waals surface area contributed by atoms with E-state index in [0.29, 0.717) is 16.8 Å². The molecule has 4 aromatic rings. The van der Waals surface area contributed by atoms with Gasteiger partial charge in [0.15, 0.2) is 5.78 Å². The number of aryl methyl sites for hydroxylation is 1. The van der Waals surface area contributed by atoms with E-state index < -0.39 is 5.91 Å². The molecule has 4 aromatic carbocycles. The van der Waals surface area contributed by atoms with Crippen LogP contribution in [0, 0.1) is 6.92 Å². The van der Waals surface area contributed by atoms with Crippen molar-refractivity contribution < 1.29 is 14.4 Å². The maximum Gasteiger partial charge on any atom is 0.272 e. The molecule has 0 heterocycles. The lowest BCUT2D eigenvalue weighted by Gasteiger charge is -2.12. The van der Waals surface area contributed by atoms with Crippen LogP contribution in [0.2, 0.25) is 0 Å². The normalized spacial score (nSPS) is 11.0. The molecule has 0 fully saturated rings. The van der Waals surface area contributed by atoms with E-state index in [1.54, 1.807) is 48.5 Å². The topological polar surface area (TPSA) is 75.3 Å². The van der Waals surface area contributed by atoms with Crippen LogP contribution in [-0.4, -0.2) is 23.4 Å². The van der Waals surface area contributed by atoms with E-state index in [-0.39, 0.29) is 23.1 Å². The van der Waals surface area contributed by atoms with Crippen molar-refractivity contribution in [2.45, 2.75) is 11.8 Å². The fraction of sp³-hybridized carbons (Fsp3) is 0.0645. The van der Waals surface area contributed by atoms with Crippen LogP contribution >= 0.6 is 11.8 Å². The van der Waals surface area contributed by atoms with E-state index in [2.05, 4.69) is 10.6 Å². The number of amides is 2. The lowest BCUT2D eigenvalue weighted by Crippen LogP contribution is -2.30. The summed E-state index contributed by atoms with van der Waals surface area (Å²) in [6, 6.07) is 32.8. The van der Waals surface area contributed by atoms with E-state index in [1.807, 2.05) is 73.7 Å². The molecule has 0 aromatic heterocycles. The zero-order chi connectivity index (χ0) is 26.0. The number of carbonyl (C=O) groups excluding carboxylic acids is 3. The second-order valence-electron chi connectivity index (χ2n) is 8.35. The SMILES string of the molecule is Cc1ccc(/C=C(\NC(=O)c2ccccc2)C(=O)Nc2cccc(SCC(=O)c3ccccc3)c2)cc1. The van der Waals surface area contributed by atoms with Gasteiger partial charge in [-0.2, -0.15) is 0 Å². The Morgan fingerprint density at radius 2 is 1.41 bits per heavy atom. The minimum Gasteiger partial charge on any atom is -0.321 e. The predicted octanol–water partition coefficient (Wildman–Crippen LogP) is 6.38. The van der Waals surface area contributed by atoms with Gasteiger partial charge in [0.05, 0.1) is 5.75 Å². The highest BCUT2D eigenvalue weighted by molar-refractivity contribution is 8.00. The fourth-order valence-electron chi connectivity index (χ4n) is 3.49. The van der Waals surface area contributed by atoms with Crippen molar-refractivity contribution in [1.82, 2.24) is 5.32 Å². The van der Waals surface area contributed by atoms with Gasteiger partial charge in [-0.1, -0.05) is 84.4 Å². The number of Topliss-reactive ketones (excluding diaryl/α,β-unsaturated/α-hetero) is 1. The summed E-state index contributed by atoms with van der Waals surface area (Å²) in [4.78, 5) is 39.4. The third-order valence-electron chi connectivity index (χ3n) is 5.47. The van der Waals surface area contributed by atoms with Crippen LogP contribution in [0.4, 0.5) is 5.69 Å². The van der Waals surface area contributed by atoms with Crippen molar-refractivity contribution in [1.29, 1.82) is 0 Å². The molecule has 37 heavy (non-hydrogen) atoms. The van der Waals surface area contributed by atoms with Crippen molar-refractivity contribution in [3.8, 4) is 0 Å². The average molecular weight is 507 g/mol. The van der Waals surface area contributed by atoms with E-state index in [0.717, 1.165) is 16.0 Å². The van der Waals surface area contributed by atoms with Crippen molar-refractivity contribution >= 4 is 41.1 Å². The van der Waals surface area contributed by atoms with Crippen LogP contribution in [0.15, 0.2) is 120 Å². The Bertz CT molecular complexity index is 1420. The quantitative estimate of drug-likeness (QED) is 0.157. The molecule has 0 saturated carbocycles. The minimum atomic E-state index is -0.452. The zero-order valence-electron chi connectivity index (χ0n) is 20.3. The van der Waals surface area contributed by atoms with Crippen LogP contribution in [0.25, 0.3) is 6.08 Å². The van der Waals surface area contributed by atoms with Crippen molar-refractivity contribution in [3.63, 3.8) is 0 Å². The van der Waals surface area contributed by atoms with Gasteiger partial charge >= 0.3 is 0 Å². The van der Waals surface area contributed by atoms with Gasteiger partial charge in [-0.05, 0) is 48.9 Å². The minimum absolute atomic E-state index is 0.0342. The molecule has 0 aliphatic heterocycles. The molecule has 6 heteroatoms. The summed E-state index contributed by atoms with van der Waals surface area (Å²) in [6.07, 6.45) is 1.65. The molecule has 5 nitrogen and oxygen atoms in total. The molecular weight excluding hydrogens is 480 g/mol. The third kappa shape index (κ3) is 7.53.